The lowest BCUT2D eigenvalue weighted by molar-refractivity contribution is -0.192. The Morgan fingerprint density at radius 1 is 1.45 bits per heavy atom. The number of carboxylic acids is 1. The Labute approximate surface area is 167 Å². The van der Waals surface area contributed by atoms with Crippen LogP contribution in [0.4, 0.5) is 13.2 Å². The number of halogens is 3. The normalized spacial score (nSPS) is 24.7. The maximum atomic E-state index is 12.4. The van der Waals surface area contributed by atoms with E-state index in [9.17, 15) is 21.6 Å². The molecule has 0 unspecified atom stereocenters. The molecule has 2 fully saturated rings. The highest BCUT2D eigenvalue weighted by molar-refractivity contribution is 7.86. The minimum absolute atomic E-state index is 0.0566. The van der Waals surface area contributed by atoms with E-state index in [4.69, 9.17) is 14.6 Å². The molecule has 0 amide bonds. The van der Waals surface area contributed by atoms with Gasteiger partial charge in [-0.25, -0.2) is 4.79 Å². The first-order valence-electron chi connectivity index (χ1n) is 8.89. The van der Waals surface area contributed by atoms with Gasteiger partial charge in [0.2, 0.25) is 0 Å². The molecule has 2 heterocycles. The third kappa shape index (κ3) is 5.58. The number of aromatic nitrogens is 1. The summed E-state index contributed by atoms with van der Waals surface area (Å²) in [5, 5.41) is 7.12. The van der Waals surface area contributed by atoms with E-state index < -0.39 is 22.4 Å². The molecule has 12 heteroatoms. The summed E-state index contributed by atoms with van der Waals surface area (Å²) in [6.45, 7) is 1.72. The highest BCUT2D eigenvalue weighted by Gasteiger charge is 2.53. The van der Waals surface area contributed by atoms with E-state index in [1.54, 1.807) is 30.8 Å². The largest absolute Gasteiger partial charge is 0.491 e. The summed E-state index contributed by atoms with van der Waals surface area (Å²) >= 11 is 0. The van der Waals surface area contributed by atoms with Crippen LogP contribution in [0.25, 0.3) is 0 Å². The molecule has 1 saturated heterocycles. The summed E-state index contributed by atoms with van der Waals surface area (Å²) in [7, 11) is -0.170. The van der Waals surface area contributed by atoms with Gasteiger partial charge in [0.15, 0.2) is 0 Å². The summed E-state index contributed by atoms with van der Waals surface area (Å²) in [5.74, 6) is -1.62. The molecule has 0 bridgehead atoms. The number of fused-ring (bicyclic) bond motifs is 1. The van der Waals surface area contributed by atoms with Gasteiger partial charge in [0.25, 0.3) is 10.2 Å². The van der Waals surface area contributed by atoms with Crippen molar-refractivity contribution in [2.45, 2.75) is 25.4 Å². The van der Waals surface area contributed by atoms with Crippen LogP contribution in [0.1, 0.15) is 19.3 Å². The molecule has 1 aliphatic carbocycles. The molecule has 1 saturated carbocycles. The van der Waals surface area contributed by atoms with Crippen LogP contribution in [0.5, 0.6) is 5.75 Å². The second-order valence-electron chi connectivity index (χ2n) is 7.31. The Balaban J connectivity index is 0.000000370. The third-order valence-electron chi connectivity index (χ3n) is 5.20. The quantitative estimate of drug-likeness (QED) is 0.753. The zero-order valence-corrected chi connectivity index (χ0v) is 16.9. The predicted molar refractivity (Wildman–Crippen MR) is 97.4 cm³/mol. The van der Waals surface area contributed by atoms with Gasteiger partial charge < -0.3 is 9.84 Å². The van der Waals surface area contributed by atoms with Gasteiger partial charge in [-0.1, -0.05) is 6.42 Å². The fraction of sp³-hybridized carbons (Fsp3) is 0.647. The van der Waals surface area contributed by atoms with Gasteiger partial charge >= 0.3 is 12.1 Å². The summed E-state index contributed by atoms with van der Waals surface area (Å²) in [5.41, 5.74) is -0.0566. The first-order chi connectivity index (χ1) is 13.4. The van der Waals surface area contributed by atoms with E-state index in [0.29, 0.717) is 25.6 Å². The molecule has 2 aliphatic rings. The van der Waals surface area contributed by atoms with Crippen LogP contribution in [0.3, 0.4) is 0 Å². The molecule has 8 nitrogen and oxygen atoms in total. The highest BCUT2D eigenvalue weighted by Crippen LogP contribution is 2.49. The number of aliphatic carboxylic acids is 1. The van der Waals surface area contributed by atoms with E-state index in [1.165, 1.54) is 4.31 Å². The molecule has 0 aromatic carbocycles. The Hall–Kier alpha value is -1.92. The lowest BCUT2D eigenvalue weighted by atomic mass is 9.82. The van der Waals surface area contributed by atoms with E-state index in [2.05, 4.69) is 4.98 Å². The van der Waals surface area contributed by atoms with Crippen molar-refractivity contribution in [3.05, 3.63) is 24.5 Å². The van der Waals surface area contributed by atoms with Crippen molar-refractivity contribution in [1.82, 2.24) is 13.6 Å². The standard InChI is InChI=1S/C15H23N3O3S.C2HF3O2/c1-17(2)22(19,20)18-10-13-5-3-7-15(13,11-18)12-21-14-6-4-8-16-9-14;3-2(4,5)1(6)7/h4,6,8-9,13H,3,5,7,10-12H2,1-2H3;(H,6,7)/t13-,15+;/m1./s1. The Morgan fingerprint density at radius 2 is 2.10 bits per heavy atom. The molecule has 1 aromatic heterocycles. The Bertz CT molecular complexity index is 804. The average Bonchev–Trinajstić information content (AvgIpc) is 3.18. The third-order valence-corrected chi connectivity index (χ3v) is 7.05. The van der Waals surface area contributed by atoms with Crippen LogP contribution in [-0.4, -0.2) is 73.1 Å². The monoisotopic (exact) mass is 439 g/mol. The molecule has 164 valence electrons. The fourth-order valence-electron chi connectivity index (χ4n) is 3.67. The number of nitrogens with zero attached hydrogens (tertiary/aromatic N) is 3. The zero-order valence-electron chi connectivity index (χ0n) is 16.1. The number of carbonyl (C=O) groups is 1. The Morgan fingerprint density at radius 3 is 2.62 bits per heavy atom. The first kappa shape index (κ1) is 23.4. The SMILES string of the molecule is CN(C)S(=O)(=O)N1C[C@H]2CCC[C@@]2(COc2cccnc2)C1.O=C(O)C(F)(F)F. The minimum Gasteiger partial charge on any atom is -0.491 e. The maximum Gasteiger partial charge on any atom is 0.490 e. The van der Waals surface area contributed by atoms with Crippen LogP contribution < -0.4 is 4.74 Å². The second-order valence-corrected chi connectivity index (χ2v) is 9.46. The van der Waals surface area contributed by atoms with Crippen molar-refractivity contribution in [3.63, 3.8) is 0 Å². The number of hydrogen-bond acceptors (Lipinski definition) is 5. The number of hydrogen-bond donors (Lipinski definition) is 1. The maximum absolute atomic E-state index is 12.4. The predicted octanol–water partition coefficient (Wildman–Crippen LogP) is 2.00. The van der Waals surface area contributed by atoms with Gasteiger partial charge in [-0.15, -0.1) is 0 Å². The lowest BCUT2D eigenvalue weighted by Gasteiger charge is -2.29. The number of pyridine rings is 1. The van der Waals surface area contributed by atoms with E-state index >= 15 is 0 Å². The Kier molecular flexibility index (Phi) is 7.12. The van der Waals surface area contributed by atoms with Crippen molar-refractivity contribution < 1.29 is 36.2 Å². The molecule has 3 rings (SSSR count). The van der Waals surface area contributed by atoms with E-state index in [-0.39, 0.29) is 5.41 Å². The summed E-state index contributed by atoms with van der Waals surface area (Å²) < 4.78 is 65.3. The van der Waals surface area contributed by atoms with Crippen LogP contribution in [0.15, 0.2) is 24.5 Å². The van der Waals surface area contributed by atoms with Crippen molar-refractivity contribution in [1.29, 1.82) is 0 Å². The smallest absolute Gasteiger partial charge is 0.490 e. The van der Waals surface area contributed by atoms with Crippen molar-refractivity contribution in [2.75, 3.05) is 33.8 Å². The highest BCUT2D eigenvalue weighted by atomic mass is 32.2. The van der Waals surface area contributed by atoms with Gasteiger partial charge in [-0.2, -0.15) is 30.2 Å². The van der Waals surface area contributed by atoms with Crippen molar-refractivity contribution >= 4 is 16.2 Å². The zero-order chi connectivity index (χ0) is 21.9. The molecule has 0 spiro atoms. The molecular formula is C17H24F3N3O5S. The molecule has 1 aromatic rings. The number of ether oxygens (including phenoxy) is 1. The lowest BCUT2D eigenvalue weighted by Crippen LogP contribution is -2.41. The van der Waals surface area contributed by atoms with E-state index in [0.717, 1.165) is 25.0 Å². The second kappa shape index (κ2) is 8.84. The molecule has 0 radical (unpaired) electrons. The van der Waals surface area contributed by atoms with Crippen LogP contribution in [-0.2, 0) is 15.0 Å². The van der Waals surface area contributed by atoms with Gasteiger partial charge in [0.05, 0.1) is 12.8 Å². The molecule has 2 atom stereocenters. The number of alkyl halides is 3. The van der Waals surface area contributed by atoms with Crippen molar-refractivity contribution in [2.24, 2.45) is 11.3 Å². The fourth-order valence-corrected chi connectivity index (χ4v) is 4.92. The molecule has 29 heavy (non-hydrogen) atoms. The van der Waals surface area contributed by atoms with Crippen LogP contribution in [0, 0.1) is 11.3 Å². The average molecular weight is 439 g/mol. The van der Waals surface area contributed by atoms with Gasteiger partial charge in [-0.3, -0.25) is 4.98 Å². The minimum atomic E-state index is -5.08. The van der Waals surface area contributed by atoms with Crippen molar-refractivity contribution in [3.8, 4) is 5.75 Å². The summed E-state index contributed by atoms with van der Waals surface area (Å²) in [6, 6.07) is 3.73. The topological polar surface area (TPSA) is 100 Å². The van der Waals surface area contributed by atoms with E-state index in [1.807, 2.05) is 12.1 Å². The summed E-state index contributed by atoms with van der Waals surface area (Å²) in [4.78, 5) is 12.9. The number of carboxylic acid groups (broad SMARTS) is 1. The van der Waals surface area contributed by atoms with Gasteiger partial charge in [-0.05, 0) is 30.9 Å². The van der Waals surface area contributed by atoms with Crippen LogP contribution in [0.2, 0.25) is 0 Å². The molecule has 1 aliphatic heterocycles. The first-order valence-corrected chi connectivity index (χ1v) is 10.3. The van der Waals surface area contributed by atoms with Gasteiger partial charge in [0.1, 0.15) is 5.75 Å². The molecule has 1 N–H and O–H groups in total. The number of rotatable bonds is 5. The van der Waals surface area contributed by atoms with Crippen LogP contribution >= 0.6 is 0 Å². The molecular weight excluding hydrogens is 415 g/mol. The summed E-state index contributed by atoms with van der Waals surface area (Å²) in [6.07, 6.45) is 1.58. The van der Waals surface area contributed by atoms with Gasteiger partial charge in [0, 0.05) is 38.8 Å².